The normalized spacial score (nSPS) is 19.1. The number of likely N-dealkylation sites (tertiary alicyclic amines) is 1. The van der Waals surface area contributed by atoms with Gasteiger partial charge in [0.15, 0.2) is 5.82 Å². The van der Waals surface area contributed by atoms with Crippen LogP contribution in [0.4, 0.5) is 0 Å². The number of carboxylic acids is 1. The van der Waals surface area contributed by atoms with Gasteiger partial charge in [-0.15, -0.1) is 10.2 Å². The fourth-order valence-corrected chi connectivity index (χ4v) is 2.18. The number of hydrogen-bond donors (Lipinski definition) is 2. The van der Waals surface area contributed by atoms with Crippen molar-refractivity contribution in [3.8, 4) is 0 Å². The van der Waals surface area contributed by atoms with E-state index in [0.29, 0.717) is 18.8 Å². The van der Waals surface area contributed by atoms with Crippen molar-refractivity contribution in [2.24, 2.45) is 0 Å². The van der Waals surface area contributed by atoms with Gasteiger partial charge in [0.05, 0.1) is 6.04 Å². The lowest BCUT2D eigenvalue weighted by atomic mass is 10.2. The summed E-state index contributed by atoms with van der Waals surface area (Å²) in [5.74, 6) is -0.387. The Morgan fingerprint density at radius 3 is 2.94 bits per heavy atom. The second-order valence-electron chi connectivity index (χ2n) is 4.26. The zero-order valence-corrected chi connectivity index (χ0v) is 9.87. The van der Waals surface area contributed by atoms with Gasteiger partial charge in [0.1, 0.15) is 0 Å². The van der Waals surface area contributed by atoms with Gasteiger partial charge in [-0.25, -0.2) is 0 Å². The summed E-state index contributed by atoms with van der Waals surface area (Å²) < 4.78 is 0. The van der Waals surface area contributed by atoms with Crippen molar-refractivity contribution in [2.45, 2.75) is 38.1 Å². The molecule has 1 aliphatic heterocycles. The summed E-state index contributed by atoms with van der Waals surface area (Å²) in [5.41, 5.74) is 0. The van der Waals surface area contributed by atoms with Crippen LogP contribution >= 0.6 is 0 Å². The third-order valence-corrected chi connectivity index (χ3v) is 3.01. The molecule has 0 spiro atoms. The first-order chi connectivity index (χ1) is 8.68. The largest absolute Gasteiger partial charge is 0.481 e. The highest BCUT2D eigenvalue weighted by molar-refractivity contribution is 5.77. The smallest absolute Gasteiger partial charge is 0.303 e. The molecule has 8 nitrogen and oxygen atoms in total. The molecule has 1 atom stereocenters. The van der Waals surface area contributed by atoms with Crippen LogP contribution in [0.5, 0.6) is 0 Å². The monoisotopic (exact) mass is 253 g/mol. The number of nitrogens with one attached hydrogen (secondary N) is 1. The molecule has 1 aliphatic rings. The second kappa shape index (κ2) is 5.56. The van der Waals surface area contributed by atoms with Gasteiger partial charge in [0, 0.05) is 19.4 Å². The molecule has 0 bridgehead atoms. The Morgan fingerprint density at radius 1 is 1.44 bits per heavy atom. The molecular formula is C10H15N5O3. The third kappa shape index (κ3) is 2.82. The molecule has 1 saturated heterocycles. The first kappa shape index (κ1) is 12.5. The quantitative estimate of drug-likeness (QED) is 0.770. The van der Waals surface area contributed by atoms with Gasteiger partial charge in [0.25, 0.3) is 0 Å². The molecule has 18 heavy (non-hydrogen) atoms. The average Bonchev–Trinajstić information content (AvgIpc) is 2.99. The summed E-state index contributed by atoms with van der Waals surface area (Å²) in [5, 5.41) is 22.2. The van der Waals surface area contributed by atoms with Crippen molar-refractivity contribution in [3.05, 3.63) is 5.82 Å². The van der Waals surface area contributed by atoms with E-state index in [4.69, 9.17) is 5.11 Å². The molecule has 1 fully saturated rings. The van der Waals surface area contributed by atoms with Crippen molar-refractivity contribution >= 4 is 11.9 Å². The molecule has 0 aliphatic carbocycles. The molecule has 1 aromatic heterocycles. The number of tetrazole rings is 1. The minimum Gasteiger partial charge on any atom is -0.481 e. The number of H-pyrrole nitrogens is 1. The van der Waals surface area contributed by atoms with Crippen molar-refractivity contribution in [1.29, 1.82) is 0 Å². The van der Waals surface area contributed by atoms with Crippen LogP contribution in [-0.4, -0.2) is 49.1 Å². The number of aromatic nitrogens is 4. The predicted molar refractivity (Wildman–Crippen MR) is 59.4 cm³/mol. The number of carbonyl (C=O) groups excluding carboxylic acids is 1. The molecule has 8 heteroatoms. The summed E-state index contributed by atoms with van der Waals surface area (Å²) >= 11 is 0. The molecule has 0 saturated carbocycles. The van der Waals surface area contributed by atoms with Gasteiger partial charge >= 0.3 is 5.97 Å². The summed E-state index contributed by atoms with van der Waals surface area (Å²) in [4.78, 5) is 24.1. The number of rotatable bonds is 5. The van der Waals surface area contributed by atoms with Crippen LogP contribution in [0.3, 0.4) is 0 Å². The molecule has 2 heterocycles. The van der Waals surface area contributed by atoms with E-state index in [9.17, 15) is 9.59 Å². The number of aromatic amines is 1. The molecule has 2 rings (SSSR count). The van der Waals surface area contributed by atoms with E-state index >= 15 is 0 Å². The fraction of sp³-hybridized carbons (Fsp3) is 0.700. The van der Waals surface area contributed by atoms with Crippen molar-refractivity contribution in [3.63, 3.8) is 0 Å². The van der Waals surface area contributed by atoms with Crippen molar-refractivity contribution in [2.75, 3.05) is 6.54 Å². The molecule has 1 amide bonds. The molecule has 1 aromatic rings. The first-order valence-electron chi connectivity index (χ1n) is 5.93. The van der Waals surface area contributed by atoms with Crippen molar-refractivity contribution < 1.29 is 14.7 Å². The van der Waals surface area contributed by atoms with Crippen LogP contribution in [-0.2, 0) is 9.59 Å². The highest BCUT2D eigenvalue weighted by atomic mass is 16.4. The number of amides is 1. The maximum Gasteiger partial charge on any atom is 0.303 e. The van der Waals surface area contributed by atoms with Crippen LogP contribution in [0.25, 0.3) is 0 Å². The first-order valence-corrected chi connectivity index (χ1v) is 5.93. The van der Waals surface area contributed by atoms with E-state index in [1.165, 1.54) is 0 Å². The van der Waals surface area contributed by atoms with Gasteiger partial charge in [-0.1, -0.05) is 5.21 Å². The molecule has 98 valence electrons. The van der Waals surface area contributed by atoms with Crippen LogP contribution in [0.2, 0.25) is 0 Å². The Bertz CT molecular complexity index is 419. The molecule has 0 aromatic carbocycles. The maximum absolute atomic E-state index is 12.0. The zero-order chi connectivity index (χ0) is 13.0. The Hall–Kier alpha value is -1.99. The number of nitrogens with zero attached hydrogens (tertiary/aromatic N) is 4. The SMILES string of the molecule is O=C(O)CCCC(=O)N1CCCC1c1nn[nH]n1. The molecular weight excluding hydrogens is 238 g/mol. The van der Waals surface area contributed by atoms with Crippen LogP contribution < -0.4 is 0 Å². The number of aliphatic carboxylic acids is 1. The van der Waals surface area contributed by atoms with Gasteiger partial charge in [-0.2, -0.15) is 5.21 Å². The fourth-order valence-electron chi connectivity index (χ4n) is 2.18. The van der Waals surface area contributed by atoms with Gasteiger partial charge in [-0.05, 0) is 19.3 Å². The van der Waals surface area contributed by atoms with Gasteiger partial charge in [0.2, 0.25) is 5.91 Å². The number of hydrogen-bond acceptors (Lipinski definition) is 5. The standard InChI is InChI=1S/C10H15N5O3/c16-8(4-1-5-9(17)18)15-6-2-3-7(15)10-11-13-14-12-10/h7H,1-6H2,(H,17,18)(H,11,12,13,14). The molecule has 1 unspecified atom stereocenters. The van der Waals surface area contributed by atoms with E-state index in [2.05, 4.69) is 20.6 Å². The second-order valence-corrected chi connectivity index (χ2v) is 4.26. The zero-order valence-electron chi connectivity index (χ0n) is 9.87. The minimum absolute atomic E-state index is 0.0203. The lowest BCUT2D eigenvalue weighted by Gasteiger charge is -2.21. The van der Waals surface area contributed by atoms with Gasteiger partial charge in [-0.3, -0.25) is 9.59 Å². The summed E-state index contributed by atoms with van der Waals surface area (Å²) in [6.07, 6.45) is 2.37. The lowest BCUT2D eigenvalue weighted by molar-refractivity contribution is -0.137. The minimum atomic E-state index is -0.876. The summed E-state index contributed by atoms with van der Waals surface area (Å²) in [7, 11) is 0. The number of carboxylic acid groups (broad SMARTS) is 1. The summed E-state index contributed by atoms with van der Waals surface area (Å²) in [6.45, 7) is 0.672. The average molecular weight is 253 g/mol. The van der Waals surface area contributed by atoms with Crippen molar-refractivity contribution in [1.82, 2.24) is 25.5 Å². The maximum atomic E-state index is 12.0. The topological polar surface area (TPSA) is 112 Å². The highest BCUT2D eigenvalue weighted by Crippen LogP contribution is 2.29. The van der Waals surface area contributed by atoms with E-state index in [0.717, 1.165) is 12.8 Å². The Kier molecular flexibility index (Phi) is 3.85. The van der Waals surface area contributed by atoms with E-state index < -0.39 is 5.97 Å². The van der Waals surface area contributed by atoms with E-state index in [1.807, 2.05) is 0 Å². The molecule has 2 N–H and O–H groups in total. The van der Waals surface area contributed by atoms with E-state index in [1.54, 1.807) is 4.90 Å². The Labute approximate surface area is 103 Å². The van der Waals surface area contributed by atoms with Crippen LogP contribution in [0, 0.1) is 0 Å². The highest BCUT2D eigenvalue weighted by Gasteiger charge is 2.32. The van der Waals surface area contributed by atoms with E-state index in [-0.39, 0.29) is 24.8 Å². The van der Waals surface area contributed by atoms with Crippen LogP contribution in [0.15, 0.2) is 0 Å². The van der Waals surface area contributed by atoms with Gasteiger partial charge < -0.3 is 10.0 Å². The third-order valence-electron chi connectivity index (χ3n) is 3.01. The van der Waals surface area contributed by atoms with Crippen LogP contribution in [0.1, 0.15) is 44.0 Å². The summed E-state index contributed by atoms with van der Waals surface area (Å²) in [6, 6.07) is -0.124. The lowest BCUT2D eigenvalue weighted by Crippen LogP contribution is -2.31. The number of carbonyl (C=O) groups is 2. The molecule has 0 radical (unpaired) electrons. The Balaban J connectivity index is 1.91. The Morgan fingerprint density at radius 2 is 2.28 bits per heavy atom. The predicted octanol–water partition coefficient (Wildman–Crippen LogP) is 0.118.